The van der Waals surface area contributed by atoms with E-state index in [1.807, 2.05) is 25.1 Å². The molecule has 1 N–H and O–H groups in total. The Morgan fingerprint density at radius 1 is 1.11 bits per heavy atom. The van der Waals surface area contributed by atoms with E-state index in [2.05, 4.69) is 21.2 Å². The molecule has 6 heteroatoms. The Labute approximate surface area is 168 Å². The van der Waals surface area contributed by atoms with Crippen LogP contribution in [0.15, 0.2) is 46.9 Å². The van der Waals surface area contributed by atoms with Gasteiger partial charge in [-0.05, 0) is 85.1 Å². The average Bonchev–Trinajstić information content (AvgIpc) is 2.60. The number of halogens is 1. The maximum Gasteiger partial charge on any atom is 0.338 e. The smallest absolute Gasteiger partial charge is 0.338 e. The quantitative estimate of drug-likeness (QED) is 0.463. The van der Waals surface area contributed by atoms with Gasteiger partial charge in [0.1, 0.15) is 5.75 Å². The second-order valence-corrected chi connectivity index (χ2v) is 7.32. The summed E-state index contributed by atoms with van der Waals surface area (Å²) in [7, 11) is 0. The van der Waals surface area contributed by atoms with Crippen molar-refractivity contribution < 1.29 is 19.1 Å². The van der Waals surface area contributed by atoms with Crippen LogP contribution in [0.4, 0.5) is 5.69 Å². The second-order valence-electron chi connectivity index (χ2n) is 6.47. The van der Waals surface area contributed by atoms with Gasteiger partial charge in [-0.15, -0.1) is 0 Å². The van der Waals surface area contributed by atoms with Crippen molar-refractivity contribution in [2.45, 2.75) is 39.7 Å². The van der Waals surface area contributed by atoms with Gasteiger partial charge in [-0.3, -0.25) is 4.79 Å². The monoisotopic (exact) mass is 433 g/mol. The maximum absolute atomic E-state index is 12.0. The van der Waals surface area contributed by atoms with Crippen molar-refractivity contribution in [3.05, 3.63) is 58.1 Å². The maximum atomic E-state index is 12.0. The van der Waals surface area contributed by atoms with Gasteiger partial charge in [0, 0.05) is 12.1 Å². The van der Waals surface area contributed by atoms with Crippen molar-refractivity contribution in [2.24, 2.45) is 0 Å². The summed E-state index contributed by atoms with van der Waals surface area (Å²) in [5.41, 5.74) is 2.25. The number of hydrogen-bond acceptors (Lipinski definition) is 4. The minimum Gasteiger partial charge on any atom is -0.492 e. The molecule has 1 amide bonds. The molecule has 0 saturated carbocycles. The molecule has 0 unspecified atom stereocenters. The van der Waals surface area contributed by atoms with E-state index in [4.69, 9.17) is 9.47 Å². The Morgan fingerprint density at radius 2 is 1.81 bits per heavy atom. The summed E-state index contributed by atoms with van der Waals surface area (Å²) in [6.07, 6.45) is 0.783. The summed E-state index contributed by atoms with van der Waals surface area (Å²) in [5, 5.41) is 2.81. The molecule has 0 saturated heterocycles. The highest BCUT2D eigenvalue weighted by molar-refractivity contribution is 9.10. The largest absolute Gasteiger partial charge is 0.492 e. The Hall–Kier alpha value is -2.34. The zero-order valence-corrected chi connectivity index (χ0v) is 17.3. The molecule has 0 heterocycles. The standard InChI is InChI=1S/C21H24BrNO4/c1-14(2)27-21(25)16-7-9-17(10-8-16)23-20(24)5-4-12-26-19-11-6-15(3)13-18(19)22/h6-11,13-14H,4-5,12H2,1-3H3,(H,23,24). The van der Waals surface area contributed by atoms with Gasteiger partial charge in [-0.2, -0.15) is 0 Å². The summed E-state index contributed by atoms with van der Waals surface area (Å²) < 4.78 is 11.7. The highest BCUT2D eigenvalue weighted by atomic mass is 79.9. The number of aryl methyl sites for hydroxylation is 1. The number of esters is 1. The lowest BCUT2D eigenvalue weighted by molar-refractivity contribution is -0.116. The van der Waals surface area contributed by atoms with Crippen LogP contribution in [0, 0.1) is 6.92 Å². The molecule has 0 spiro atoms. The number of benzene rings is 2. The highest BCUT2D eigenvalue weighted by Gasteiger charge is 2.09. The first kappa shape index (κ1) is 21.0. The Balaban J connectivity index is 1.74. The van der Waals surface area contributed by atoms with Crippen LogP contribution in [0.25, 0.3) is 0 Å². The number of carbonyl (C=O) groups is 2. The molecular weight excluding hydrogens is 410 g/mol. The van der Waals surface area contributed by atoms with E-state index < -0.39 is 0 Å². The third-order valence-corrected chi connectivity index (χ3v) is 4.26. The second kappa shape index (κ2) is 10.1. The summed E-state index contributed by atoms with van der Waals surface area (Å²) in [5.74, 6) is 0.297. The van der Waals surface area contributed by atoms with Crippen LogP contribution >= 0.6 is 15.9 Å². The highest BCUT2D eigenvalue weighted by Crippen LogP contribution is 2.25. The third kappa shape index (κ3) is 7.06. The average molecular weight is 434 g/mol. The van der Waals surface area contributed by atoms with Gasteiger partial charge in [0.05, 0.1) is 22.7 Å². The fourth-order valence-corrected chi connectivity index (χ4v) is 2.94. The van der Waals surface area contributed by atoms with E-state index in [0.29, 0.717) is 30.7 Å². The molecule has 0 atom stereocenters. The summed E-state index contributed by atoms with van der Waals surface area (Å²) in [4.78, 5) is 23.8. The molecule has 0 radical (unpaired) electrons. The van der Waals surface area contributed by atoms with E-state index in [1.165, 1.54) is 0 Å². The lowest BCUT2D eigenvalue weighted by Gasteiger charge is -2.10. The van der Waals surface area contributed by atoms with E-state index >= 15 is 0 Å². The van der Waals surface area contributed by atoms with E-state index in [-0.39, 0.29) is 18.0 Å². The van der Waals surface area contributed by atoms with Crippen molar-refractivity contribution in [1.29, 1.82) is 0 Å². The molecule has 144 valence electrons. The molecule has 2 rings (SSSR count). The first-order valence-corrected chi connectivity index (χ1v) is 9.64. The number of ether oxygens (including phenoxy) is 2. The predicted octanol–water partition coefficient (Wildman–Crippen LogP) is 5.12. The van der Waals surface area contributed by atoms with Crippen LogP contribution in [0.1, 0.15) is 42.6 Å². The third-order valence-electron chi connectivity index (χ3n) is 3.64. The molecule has 0 fully saturated rings. The lowest BCUT2D eigenvalue weighted by Crippen LogP contribution is -2.14. The molecular formula is C21H24BrNO4. The first-order chi connectivity index (χ1) is 12.8. The van der Waals surface area contributed by atoms with Gasteiger partial charge >= 0.3 is 5.97 Å². The minimum atomic E-state index is -0.373. The Kier molecular flexibility index (Phi) is 7.85. The molecule has 2 aromatic rings. The number of hydrogen-bond donors (Lipinski definition) is 1. The summed E-state index contributed by atoms with van der Waals surface area (Å²) in [6.45, 7) is 6.06. The van der Waals surface area contributed by atoms with Gasteiger partial charge in [-0.1, -0.05) is 6.07 Å². The van der Waals surface area contributed by atoms with Crippen molar-refractivity contribution >= 4 is 33.5 Å². The van der Waals surface area contributed by atoms with E-state index in [0.717, 1.165) is 15.8 Å². The number of amides is 1. The molecule has 27 heavy (non-hydrogen) atoms. The SMILES string of the molecule is Cc1ccc(OCCCC(=O)Nc2ccc(C(=O)OC(C)C)cc2)c(Br)c1. The molecule has 0 aliphatic carbocycles. The molecule has 0 aliphatic heterocycles. The van der Waals surface area contributed by atoms with Crippen LogP contribution in [0.2, 0.25) is 0 Å². The Morgan fingerprint density at radius 3 is 2.44 bits per heavy atom. The van der Waals surface area contributed by atoms with Crippen molar-refractivity contribution in [3.8, 4) is 5.75 Å². The minimum absolute atomic E-state index is 0.0981. The van der Waals surface area contributed by atoms with Crippen molar-refractivity contribution in [3.63, 3.8) is 0 Å². The van der Waals surface area contributed by atoms with Crippen molar-refractivity contribution in [1.82, 2.24) is 0 Å². The number of anilines is 1. The normalized spacial score (nSPS) is 10.6. The van der Waals surface area contributed by atoms with Gasteiger partial charge in [0.2, 0.25) is 5.91 Å². The van der Waals surface area contributed by atoms with Crippen LogP contribution in [0.5, 0.6) is 5.75 Å². The Bertz CT molecular complexity index is 787. The number of nitrogens with one attached hydrogen (secondary N) is 1. The predicted molar refractivity (Wildman–Crippen MR) is 109 cm³/mol. The zero-order valence-electron chi connectivity index (χ0n) is 15.8. The summed E-state index contributed by atoms with van der Waals surface area (Å²) >= 11 is 3.46. The van der Waals surface area contributed by atoms with Gasteiger partial charge in [-0.25, -0.2) is 4.79 Å². The summed E-state index contributed by atoms with van der Waals surface area (Å²) in [6, 6.07) is 12.5. The molecule has 0 aromatic heterocycles. The lowest BCUT2D eigenvalue weighted by atomic mass is 10.2. The molecule has 2 aromatic carbocycles. The van der Waals surface area contributed by atoms with E-state index in [9.17, 15) is 9.59 Å². The first-order valence-electron chi connectivity index (χ1n) is 8.85. The van der Waals surface area contributed by atoms with Gasteiger partial charge < -0.3 is 14.8 Å². The molecule has 0 aliphatic rings. The van der Waals surface area contributed by atoms with Gasteiger partial charge in [0.15, 0.2) is 0 Å². The fourth-order valence-electron chi connectivity index (χ4n) is 2.33. The molecule has 0 bridgehead atoms. The van der Waals surface area contributed by atoms with Crippen LogP contribution in [-0.4, -0.2) is 24.6 Å². The van der Waals surface area contributed by atoms with Crippen LogP contribution in [0.3, 0.4) is 0 Å². The van der Waals surface area contributed by atoms with Crippen LogP contribution in [-0.2, 0) is 9.53 Å². The van der Waals surface area contributed by atoms with Gasteiger partial charge in [0.25, 0.3) is 0 Å². The number of rotatable bonds is 8. The fraction of sp³-hybridized carbons (Fsp3) is 0.333. The molecule has 5 nitrogen and oxygen atoms in total. The topological polar surface area (TPSA) is 64.6 Å². The number of carbonyl (C=O) groups excluding carboxylic acids is 2. The van der Waals surface area contributed by atoms with Crippen molar-refractivity contribution in [2.75, 3.05) is 11.9 Å². The van der Waals surface area contributed by atoms with Crippen LogP contribution < -0.4 is 10.1 Å². The van der Waals surface area contributed by atoms with E-state index in [1.54, 1.807) is 38.1 Å². The zero-order chi connectivity index (χ0) is 19.8.